The van der Waals surface area contributed by atoms with Crippen LogP contribution in [0.25, 0.3) is 38.8 Å². The molecule has 2 aliphatic heterocycles. The van der Waals surface area contributed by atoms with Gasteiger partial charge in [0.1, 0.15) is 41.5 Å². The van der Waals surface area contributed by atoms with E-state index in [1.807, 2.05) is 34.8 Å². The summed E-state index contributed by atoms with van der Waals surface area (Å²) in [6, 6.07) is 15.1. The van der Waals surface area contributed by atoms with E-state index in [-0.39, 0.29) is 17.7 Å². The lowest BCUT2D eigenvalue weighted by Crippen LogP contribution is -2.44. The third-order valence-corrected chi connectivity index (χ3v) is 8.86. The summed E-state index contributed by atoms with van der Waals surface area (Å²) in [5, 5.41) is 14.0. The predicted octanol–water partition coefficient (Wildman–Crippen LogP) is 5.04. The first-order valence-corrected chi connectivity index (χ1v) is 15.3. The average molecular weight is 621 g/mol. The summed E-state index contributed by atoms with van der Waals surface area (Å²) in [5.74, 6) is -0.399. The fraction of sp³-hybridized carbons (Fsp3) is 0.265. The Kier molecular flexibility index (Phi) is 6.66. The van der Waals surface area contributed by atoms with Crippen LogP contribution < -0.4 is 15.0 Å². The number of nitrogens with one attached hydrogen (secondary N) is 1. The van der Waals surface area contributed by atoms with Gasteiger partial charge in [-0.05, 0) is 66.8 Å². The molecular formula is C34H30F2N8O2. The standard InChI is InChI=1S/C34H30F2N8O2/c1-19-11-24-20-5-3-6-22(13-20)46-23-15-30(34(45)37-10-4-7-29-31(24)27(12-19)41-42(29)2)43(17-23)32-25-16-40-44(33(25)39-18-38-32)28-9-8-21(35)14-26(28)36/h3,5-6,8-9,11-14,16,18,23,30H,4,7,10,15,17H2,1-2H3,(H,37,45). The van der Waals surface area contributed by atoms with Crippen molar-refractivity contribution in [1.29, 1.82) is 0 Å². The first-order valence-electron chi connectivity index (χ1n) is 15.3. The van der Waals surface area contributed by atoms with Gasteiger partial charge in [0.15, 0.2) is 11.5 Å². The Morgan fingerprint density at radius 1 is 1.07 bits per heavy atom. The second kappa shape index (κ2) is 10.9. The summed E-state index contributed by atoms with van der Waals surface area (Å²) in [6.45, 7) is 2.94. The van der Waals surface area contributed by atoms with Crippen molar-refractivity contribution >= 4 is 33.7 Å². The van der Waals surface area contributed by atoms with Gasteiger partial charge in [-0.15, -0.1) is 0 Å². The lowest BCUT2D eigenvalue weighted by molar-refractivity contribution is -0.122. The van der Waals surface area contributed by atoms with Crippen LogP contribution in [0.1, 0.15) is 24.1 Å². The van der Waals surface area contributed by atoms with Crippen molar-refractivity contribution in [2.75, 3.05) is 18.0 Å². The number of aromatic nitrogens is 6. The molecule has 0 spiro atoms. The van der Waals surface area contributed by atoms with E-state index in [2.05, 4.69) is 45.5 Å². The van der Waals surface area contributed by atoms with E-state index in [1.165, 1.54) is 23.1 Å². The zero-order valence-corrected chi connectivity index (χ0v) is 25.2. The maximum Gasteiger partial charge on any atom is 0.242 e. The molecule has 2 unspecified atom stereocenters. The number of hydrogen-bond acceptors (Lipinski definition) is 7. The number of anilines is 1. The summed E-state index contributed by atoms with van der Waals surface area (Å²) >= 11 is 0. The van der Waals surface area contributed by atoms with Crippen LogP contribution in [-0.4, -0.2) is 60.7 Å². The van der Waals surface area contributed by atoms with E-state index in [9.17, 15) is 13.6 Å². The second-order valence-electron chi connectivity index (χ2n) is 11.9. The molecule has 10 nitrogen and oxygen atoms in total. The topological polar surface area (TPSA) is 103 Å². The number of carbonyl (C=O) groups excluding carboxylic acids is 1. The normalized spacial score (nSPS) is 18.3. The Hall–Kier alpha value is -5.39. The Morgan fingerprint density at radius 3 is 2.83 bits per heavy atom. The quantitative estimate of drug-likeness (QED) is 0.289. The number of aryl methyl sites for hydroxylation is 3. The predicted molar refractivity (Wildman–Crippen MR) is 169 cm³/mol. The fourth-order valence-electron chi connectivity index (χ4n) is 6.82. The van der Waals surface area contributed by atoms with Crippen molar-refractivity contribution in [2.24, 2.45) is 7.05 Å². The number of carbonyl (C=O) groups is 1. The second-order valence-corrected chi connectivity index (χ2v) is 11.9. The minimum atomic E-state index is -0.767. The van der Waals surface area contributed by atoms with Crippen molar-refractivity contribution in [3.8, 4) is 22.6 Å². The first kappa shape index (κ1) is 28.1. The Balaban J connectivity index is 1.18. The largest absolute Gasteiger partial charge is 0.488 e. The van der Waals surface area contributed by atoms with Gasteiger partial charge < -0.3 is 15.0 Å². The SMILES string of the molecule is Cc1cc2c3c(n(C)nc3c1)CCCNC(=O)C1CC(CN1c1ncnc3c1cnn3-c1ccc(F)cc1F)Oc1cccc-2c1. The van der Waals surface area contributed by atoms with Crippen LogP contribution in [0.5, 0.6) is 5.75 Å². The minimum Gasteiger partial charge on any atom is -0.488 e. The van der Waals surface area contributed by atoms with E-state index in [4.69, 9.17) is 9.84 Å². The smallest absolute Gasteiger partial charge is 0.242 e. The number of fused-ring (bicyclic) bond motifs is 6. The number of halogens is 2. The van der Waals surface area contributed by atoms with Gasteiger partial charge in [0.05, 0.1) is 23.6 Å². The van der Waals surface area contributed by atoms with Gasteiger partial charge >= 0.3 is 0 Å². The molecule has 5 heterocycles. The molecule has 0 saturated carbocycles. The molecule has 4 bridgehead atoms. The van der Waals surface area contributed by atoms with Gasteiger partial charge in [-0.3, -0.25) is 9.48 Å². The maximum atomic E-state index is 14.7. The highest BCUT2D eigenvalue weighted by atomic mass is 19.1. The summed E-state index contributed by atoms with van der Waals surface area (Å²) in [5.41, 5.74) is 5.72. The summed E-state index contributed by atoms with van der Waals surface area (Å²) < 4.78 is 38.1. The number of ether oxygens (including phenoxy) is 1. The number of amides is 1. The molecule has 1 saturated heterocycles. The van der Waals surface area contributed by atoms with Crippen molar-refractivity contribution < 1.29 is 18.3 Å². The van der Waals surface area contributed by atoms with Gasteiger partial charge in [-0.1, -0.05) is 18.2 Å². The highest BCUT2D eigenvalue weighted by molar-refractivity contribution is 5.98. The zero-order chi connectivity index (χ0) is 31.5. The van der Waals surface area contributed by atoms with Crippen LogP contribution in [0.2, 0.25) is 0 Å². The van der Waals surface area contributed by atoms with Crippen molar-refractivity contribution in [2.45, 2.75) is 38.3 Å². The molecule has 6 aromatic rings. The molecule has 1 amide bonds. The monoisotopic (exact) mass is 620 g/mol. The lowest BCUT2D eigenvalue weighted by atomic mass is 9.96. The number of nitrogens with zero attached hydrogens (tertiary/aromatic N) is 7. The summed E-state index contributed by atoms with van der Waals surface area (Å²) in [7, 11) is 1.96. The lowest BCUT2D eigenvalue weighted by Gasteiger charge is -2.25. The third-order valence-electron chi connectivity index (χ3n) is 8.86. The first-order chi connectivity index (χ1) is 22.3. The highest BCUT2D eigenvalue weighted by Crippen LogP contribution is 2.37. The Labute approximate surface area is 262 Å². The van der Waals surface area contributed by atoms with Gasteiger partial charge in [0, 0.05) is 37.2 Å². The third kappa shape index (κ3) is 4.72. The summed E-state index contributed by atoms with van der Waals surface area (Å²) in [4.78, 5) is 24.6. The van der Waals surface area contributed by atoms with Gasteiger partial charge in [0.25, 0.3) is 0 Å². The molecule has 0 aliphatic carbocycles. The summed E-state index contributed by atoms with van der Waals surface area (Å²) in [6.07, 6.45) is 4.49. The van der Waals surface area contributed by atoms with Gasteiger partial charge in [-0.25, -0.2) is 23.4 Å². The van der Waals surface area contributed by atoms with Gasteiger partial charge in [-0.2, -0.15) is 10.2 Å². The molecule has 3 aromatic carbocycles. The molecule has 1 fully saturated rings. The maximum absolute atomic E-state index is 14.7. The van der Waals surface area contributed by atoms with E-state index in [0.29, 0.717) is 42.1 Å². The van der Waals surface area contributed by atoms with E-state index in [1.54, 1.807) is 6.20 Å². The fourth-order valence-corrected chi connectivity index (χ4v) is 6.82. The molecular weight excluding hydrogens is 590 g/mol. The minimum absolute atomic E-state index is 0.0572. The molecule has 3 aromatic heterocycles. The average Bonchev–Trinajstić information content (AvgIpc) is 3.74. The molecule has 12 heteroatoms. The van der Waals surface area contributed by atoms with Crippen molar-refractivity contribution in [1.82, 2.24) is 34.8 Å². The van der Waals surface area contributed by atoms with Crippen molar-refractivity contribution in [3.05, 3.63) is 90.0 Å². The van der Waals surface area contributed by atoms with Crippen LogP contribution in [0, 0.1) is 18.6 Å². The van der Waals surface area contributed by atoms with E-state index in [0.717, 1.165) is 52.2 Å². The zero-order valence-electron chi connectivity index (χ0n) is 25.2. The molecule has 2 atom stereocenters. The van der Waals surface area contributed by atoms with Crippen LogP contribution in [0.15, 0.2) is 67.1 Å². The molecule has 2 aliphatic rings. The Morgan fingerprint density at radius 2 is 1.96 bits per heavy atom. The van der Waals surface area contributed by atoms with E-state index < -0.39 is 17.7 Å². The van der Waals surface area contributed by atoms with Gasteiger partial charge in [0.2, 0.25) is 5.91 Å². The number of rotatable bonds is 2. The van der Waals surface area contributed by atoms with E-state index >= 15 is 0 Å². The number of hydrogen-bond donors (Lipinski definition) is 1. The molecule has 46 heavy (non-hydrogen) atoms. The highest BCUT2D eigenvalue weighted by Gasteiger charge is 2.40. The molecule has 1 N–H and O–H groups in total. The van der Waals surface area contributed by atoms with Crippen LogP contribution >= 0.6 is 0 Å². The van der Waals surface area contributed by atoms with Crippen LogP contribution in [-0.2, 0) is 18.3 Å². The van der Waals surface area contributed by atoms with Crippen molar-refractivity contribution in [3.63, 3.8) is 0 Å². The molecule has 8 rings (SSSR count). The van der Waals surface area contributed by atoms with Crippen LogP contribution in [0.3, 0.4) is 0 Å². The van der Waals surface area contributed by atoms with Crippen LogP contribution in [0.4, 0.5) is 14.6 Å². The number of benzene rings is 3. The molecule has 232 valence electrons. The molecule has 0 radical (unpaired) electrons. The Bertz CT molecular complexity index is 2160.